The number of carbonyl (C=O) groups excluding carboxylic acids is 1. The van der Waals surface area contributed by atoms with Crippen molar-refractivity contribution in [3.8, 4) is 5.75 Å². The fraction of sp³-hybridized carbons (Fsp3) is 0.562. The van der Waals surface area contributed by atoms with Crippen LogP contribution in [0, 0.1) is 0 Å². The first-order chi connectivity index (χ1) is 10.4. The quantitative estimate of drug-likeness (QED) is 0.793. The monoisotopic (exact) mass is 312 g/mol. The molecule has 1 heterocycles. The lowest BCUT2D eigenvalue weighted by Crippen LogP contribution is -2.41. The van der Waals surface area contributed by atoms with E-state index in [9.17, 15) is 13.6 Å². The zero-order valence-corrected chi connectivity index (χ0v) is 12.9. The van der Waals surface area contributed by atoms with Gasteiger partial charge in [0.15, 0.2) is 0 Å². The van der Waals surface area contributed by atoms with Crippen LogP contribution in [0.3, 0.4) is 0 Å². The molecular weight excluding hydrogens is 290 g/mol. The maximum absolute atomic E-state index is 13.0. The van der Waals surface area contributed by atoms with E-state index in [0.29, 0.717) is 12.5 Å². The van der Waals surface area contributed by atoms with Crippen LogP contribution in [0.2, 0.25) is 0 Å². The number of ether oxygens (including phenoxy) is 1. The van der Waals surface area contributed by atoms with Crippen molar-refractivity contribution in [1.29, 1.82) is 0 Å². The molecule has 1 aliphatic rings. The predicted octanol–water partition coefficient (Wildman–Crippen LogP) is 2.30. The molecule has 1 aliphatic heterocycles. The molecule has 0 spiro atoms. The summed E-state index contributed by atoms with van der Waals surface area (Å²) in [7, 11) is 0. The molecule has 2 N–H and O–H groups in total. The number of amides is 1. The van der Waals surface area contributed by atoms with E-state index < -0.39 is 30.8 Å². The zero-order valence-electron chi connectivity index (χ0n) is 12.9. The van der Waals surface area contributed by atoms with Crippen LogP contribution in [0.15, 0.2) is 24.3 Å². The molecule has 1 saturated heterocycles. The molecule has 1 aromatic carbocycles. The summed E-state index contributed by atoms with van der Waals surface area (Å²) in [4.78, 5) is 11.7. The van der Waals surface area contributed by atoms with Crippen LogP contribution in [0.5, 0.6) is 5.75 Å². The molecule has 122 valence electrons. The zero-order chi connectivity index (χ0) is 16.2. The van der Waals surface area contributed by atoms with Crippen LogP contribution in [0.4, 0.5) is 8.78 Å². The van der Waals surface area contributed by atoms with E-state index in [2.05, 4.69) is 24.5 Å². The van der Waals surface area contributed by atoms with Crippen molar-refractivity contribution >= 4 is 5.91 Å². The predicted molar refractivity (Wildman–Crippen MR) is 80.4 cm³/mol. The van der Waals surface area contributed by atoms with Crippen molar-refractivity contribution in [3.05, 3.63) is 29.8 Å². The summed E-state index contributed by atoms with van der Waals surface area (Å²) in [6, 6.07) is 6.96. The van der Waals surface area contributed by atoms with Crippen molar-refractivity contribution in [3.63, 3.8) is 0 Å². The highest BCUT2D eigenvalue weighted by molar-refractivity contribution is 5.82. The summed E-state index contributed by atoms with van der Waals surface area (Å²) in [5, 5.41) is 5.12. The Hall–Kier alpha value is -1.69. The highest BCUT2D eigenvalue weighted by atomic mass is 19.3. The van der Waals surface area contributed by atoms with Gasteiger partial charge in [-0.05, 0) is 23.6 Å². The van der Waals surface area contributed by atoms with Crippen molar-refractivity contribution < 1.29 is 18.3 Å². The Kier molecular flexibility index (Phi) is 5.34. The second-order valence-corrected chi connectivity index (χ2v) is 5.86. The van der Waals surface area contributed by atoms with Crippen molar-refractivity contribution in [2.45, 2.75) is 38.2 Å². The third-order valence-electron chi connectivity index (χ3n) is 3.64. The van der Waals surface area contributed by atoms with E-state index in [0.717, 1.165) is 5.75 Å². The molecule has 0 aromatic heterocycles. The molecule has 1 amide bonds. The van der Waals surface area contributed by atoms with E-state index in [4.69, 9.17) is 4.74 Å². The molecule has 2 rings (SSSR count). The molecule has 6 heteroatoms. The van der Waals surface area contributed by atoms with Crippen molar-refractivity contribution in [1.82, 2.24) is 10.6 Å². The van der Waals surface area contributed by atoms with Crippen LogP contribution < -0.4 is 15.4 Å². The number of carbonyl (C=O) groups is 1. The maximum Gasteiger partial charge on any atom is 0.262 e. The first kappa shape index (κ1) is 16.7. The maximum atomic E-state index is 13.0. The van der Waals surface area contributed by atoms with Crippen molar-refractivity contribution in [2.24, 2.45) is 0 Å². The fourth-order valence-corrected chi connectivity index (χ4v) is 2.32. The second kappa shape index (κ2) is 7.05. The highest BCUT2D eigenvalue weighted by Gasteiger charge is 2.42. The third kappa shape index (κ3) is 4.66. The Morgan fingerprint density at radius 3 is 2.64 bits per heavy atom. The molecule has 0 bridgehead atoms. The summed E-state index contributed by atoms with van der Waals surface area (Å²) in [6.45, 7) is 4.38. The molecular formula is C16H22F2N2O2. The Morgan fingerprint density at radius 1 is 1.41 bits per heavy atom. The lowest BCUT2D eigenvalue weighted by atomic mass is 10.0. The van der Waals surface area contributed by atoms with Gasteiger partial charge in [0, 0.05) is 6.42 Å². The Labute approximate surface area is 129 Å². The molecule has 0 saturated carbocycles. The van der Waals surface area contributed by atoms with Crippen LogP contribution >= 0.6 is 0 Å². The lowest BCUT2D eigenvalue weighted by molar-refractivity contribution is -0.123. The third-order valence-corrected chi connectivity index (χ3v) is 3.64. The standard InChI is InChI=1S/C16H22F2N2O2/c1-11(2)12-3-5-13(6-4-12)22-8-7-19-15(21)14-9-16(17,18)10-20-14/h3-6,11,14,20H,7-10H2,1-2H3,(H,19,21). The molecule has 4 nitrogen and oxygen atoms in total. The van der Waals surface area contributed by atoms with E-state index in [1.165, 1.54) is 5.56 Å². The minimum atomic E-state index is -2.79. The van der Waals surface area contributed by atoms with Crippen LogP contribution in [0.1, 0.15) is 31.7 Å². The highest BCUT2D eigenvalue weighted by Crippen LogP contribution is 2.25. The van der Waals surface area contributed by atoms with Crippen LogP contribution in [-0.2, 0) is 4.79 Å². The first-order valence-electron chi connectivity index (χ1n) is 7.49. The number of alkyl halides is 2. The summed E-state index contributed by atoms with van der Waals surface area (Å²) >= 11 is 0. The average molecular weight is 312 g/mol. The van der Waals surface area contributed by atoms with Gasteiger partial charge in [-0.1, -0.05) is 26.0 Å². The molecule has 0 aliphatic carbocycles. The van der Waals surface area contributed by atoms with Gasteiger partial charge in [-0.15, -0.1) is 0 Å². The van der Waals surface area contributed by atoms with Gasteiger partial charge < -0.3 is 10.1 Å². The number of hydrogen-bond acceptors (Lipinski definition) is 3. The summed E-state index contributed by atoms with van der Waals surface area (Å²) < 4.78 is 31.5. The number of rotatable bonds is 6. The normalized spacial score (nSPS) is 20.1. The molecule has 1 fully saturated rings. The van der Waals surface area contributed by atoms with Gasteiger partial charge >= 0.3 is 0 Å². The van der Waals surface area contributed by atoms with Crippen LogP contribution in [-0.4, -0.2) is 37.6 Å². The number of halogens is 2. The Morgan fingerprint density at radius 2 is 2.09 bits per heavy atom. The van der Waals surface area contributed by atoms with Crippen molar-refractivity contribution in [2.75, 3.05) is 19.7 Å². The number of nitrogens with one attached hydrogen (secondary N) is 2. The van der Waals surface area contributed by atoms with Crippen LogP contribution in [0.25, 0.3) is 0 Å². The molecule has 1 atom stereocenters. The van der Waals surface area contributed by atoms with Gasteiger partial charge in [0.1, 0.15) is 12.4 Å². The van der Waals surface area contributed by atoms with E-state index in [1.807, 2.05) is 24.3 Å². The van der Waals surface area contributed by atoms with Gasteiger partial charge in [0.05, 0.1) is 19.1 Å². The van der Waals surface area contributed by atoms with Gasteiger partial charge in [-0.25, -0.2) is 8.78 Å². The van der Waals surface area contributed by atoms with Gasteiger partial charge in [0.25, 0.3) is 5.92 Å². The largest absolute Gasteiger partial charge is 0.492 e. The Bertz CT molecular complexity index is 503. The number of benzene rings is 1. The molecule has 22 heavy (non-hydrogen) atoms. The number of hydrogen-bond donors (Lipinski definition) is 2. The molecule has 0 radical (unpaired) electrons. The minimum Gasteiger partial charge on any atom is -0.492 e. The van der Waals surface area contributed by atoms with Gasteiger partial charge in [-0.2, -0.15) is 0 Å². The summed E-state index contributed by atoms with van der Waals surface area (Å²) in [6.07, 6.45) is -0.448. The van der Waals surface area contributed by atoms with E-state index >= 15 is 0 Å². The fourth-order valence-electron chi connectivity index (χ4n) is 2.32. The molecule has 1 aromatic rings. The summed E-state index contributed by atoms with van der Waals surface area (Å²) in [5.74, 6) is -2.01. The topological polar surface area (TPSA) is 50.4 Å². The van der Waals surface area contributed by atoms with E-state index in [-0.39, 0.29) is 6.54 Å². The lowest BCUT2D eigenvalue weighted by Gasteiger charge is -2.12. The smallest absolute Gasteiger partial charge is 0.262 e. The second-order valence-electron chi connectivity index (χ2n) is 5.86. The van der Waals surface area contributed by atoms with Gasteiger partial charge in [-0.3, -0.25) is 10.1 Å². The van der Waals surface area contributed by atoms with E-state index in [1.54, 1.807) is 0 Å². The average Bonchev–Trinajstić information content (AvgIpc) is 2.84. The molecule has 1 unspecified atom stereocenters. The first-order valence-corrected chi connectivity index (χ1v) is 7.49. The Balaban J connectivity index is 1.68. The summed E-state index contributed by atoms with van der Waals surface area (Å²) in [5.41, 5.74) is 1.23. The minimum absolute atomic E-state index is 0.286. The van der Waals surface area contributed by atoms with Gasteiger partial charge in [0.2, 0.25) is 5.91 Å². The SMILES string of the molecule is CC(C)c1ccc(OCCNC(=O)C2CC(F)(F)CN2)cc1.